The molecular weight excluding hydrogens is 324 g/mol. The van der Waals surface area contributed by atoms with Gasteiger partial charge in [0, 0.05) is 42.0 Å². The fourth-order valence-corrected chi connectivity index (χ4v) is 3.63. The molecule has 1 aliphatic heterocycles. The molecule has 1 amide bonds. The molecule has 0 fully saturated rings. The number of amides is 1. The fourth-order valence-electron chi connectivity index (χ4n) is 2.79. The van der Waals surface area contributed by atoms with Crippen LogP contribution in [0, 0.1) is 0 Å². The molecule has 0 saturated heterocycles. The van der Waals surface area contributed by atoms with Crippen LogP contribution in [0.1, 0.15) is 21.5 Å². The van der Waals surface area contributed by atoms with Crippen molar-refractivity contribution in [1.29, 1.82) is 0 Å². The lowest BCUT2D eigenvalue weighted by Gasteiger charge is -2.12. The molecule has 6 nitrogen and oxygen atoms in total. The van der Waals surface area contributed by atoms with Gasteiger partial charge in [-0.25, -0.2) is 10.5 Å². The number of anilines is 1. The van der Waals surface area contributed by atoms with Crippen molar-refractivity contribution in [3.05, 3.63) is 64.8 Å². The first kappa shape index (κ1) is 14.8. The van der Waals surface area contributed by atoms with Crippen LogP contribution in [0.15, 0.2) is 48.1 Å². The Hall–Kier alpha value is -2.77. The quantitative estimate of drug-likeness (QED) is 0.567. The number of hydroxylamine groups is 1. The standard InChI is InChI=1S/C17H14N4O2S/c22-16(20-23)11-3-4-13-8-21(9-14(13)6-11)17-19-15(10-24-17)12-2-1-5-18-7-12/h1-7,10,23H,8-9H2,(H,20,22). The molecule has 1 aromatic carbocycles. The van der Waals surface area contributed by atoms with Crippen molar-refractivity contribution in [1.82, 2.24) is 15.4 Å². The first-order chi connectivity index (χ1) is 11.7. The van der Waals surface area contributed by atoms with E-state index in [2.05, 4.69) is 9.88 Å². The van der Waals surface area contributed by atoms with Gasteiger partial charge in [0.25, 0.3) is 5.91 Å². The molecule has 2 aromatic heterocycles. The van der Waals surface area contributed by atoms with E-state index >= 15 is 0 Å². The SMILES string of the molecule is O=C(NO)c1ccc2c(c1)CN(c1nc(-c3cccnc3)cs1)C2. The molecule has 0 aliphatic carbocycles. The number of carbonyl (C=O) groups excluding carboxylic acids is 1. The van der Waals surface area contributed by atoms with E-state index in [0.717, 1.165) is 28.5 Å². The van der Waals surface area contributed by atoms with Gasteiger partial charge < -0.3 is 4.90 Å². The lowest BCUT2D eigenvalue weighted by atomic mass is 10.1. The first-order valence-electron chi connectivity index (χ1n) is 7.42. The molecule has 3 heterocycles. The van der Waals surface area contributed by atoms with Crippen LogP contribution in [0.25, 0.3) is 11.3 Å². The summed E-state index contributed by atoms with van der Waals surface area (Å²) >= 11 is 1.60. The van der Waals surface area contributed by atoms with Crippen LogP contribution in [-0.4, -0.2) is 21.1 Å². The highest BCUT2D eigenvalue weighted by molar-refractivity contribution is 7.14. The number of pyridine rings is 1. The summed E-state index contributed by atoms with van der Waals surface area (Å²) in [6.45, 7) is 1.46. The zero-order valence-corrected chi connectivity index (χ0v) is 13.5. The topological polar surface area (TPSA) is 78.4 Å². The number of hydrogen-bond donors (Lipinski definition) is 2. The number of thiazole rings is 1. The van der Waals surface area contributed by atoms with Gasteiger partial charge in [0.15, 0.2) is 5.13 Å². The molecule has 7 heteroatoms. The maximum absolute atomic E-state index is 11.5. The summed E-state index contributed by atoms with van der Waals surface area (Å²) in [7, 11) is 0. The second-order valence-electron chi connectivity index (χ2n) is 5.54. The minimum absolute atomic E-state index is 0.452. The Morgan fingerprint density at radius 3 is 2.92 bits per heavy atom. The summed E-state index contributed by atoms with van der Waals surface area (Å²) in [4.78, 5) is 22.5. The summed E-state index contributed by atoms with van der Waals surface area (Å²) in [5, 5.41) is 11.7. The smallest absolute Gasteiger partial charge is 0.274 e. The van der Waals surface area contributed by atoms with Gasteiger partial charge in [0.2, 0.25) is 0 Å². The number of rotatable bonds is 3. The highest BCUT2D eigenvalue weighted by Crippen LogP contribution is 2.33. The maximum Gasteiger partial charge on any atom is 0.274 e. The highest BCUT2D eigenvalue weighted by atomic mass is 32.1. The molecule has 120 valence electrons. The number of nitrogens with zero attached hydrogens (tertiary/aromatic N) is 3. The first-order valence-corrected chi connectivity index (χ1v) is 8.29. The van der Waals surface area contributed by atoms with Crippen LogP contribution in [-0.2, 0) is 13.1 Å². The largest absolute Gasteiger partial charge is 0.339 e. The Kier molecular flexibility index (Phi) is 3.72. The van der Waals surface area contributed by atoms with Crippen molar-refractivity contribution in [2.24, 2.45) is 0 Å². The Bertz CT molecular complexity index is 895. The molecular formula is C17H14N4O2S. The van der Waals surface area contributed by atoms with E-state index in [4.69, 9.17) is 10.2 Å². The number of aromatic nitrogens is 2. The Morgan fingerprint density at radius 1 is 1.25 bits per heavy atom. The van der Waals surface area contributed by atoms with E-state index in [1.165, 1.54) is 5.56 Å². The van der Waals surface area contributed by atoms with Gasteiger partial charge in [0.05, 0.1) is 5.69 Å². The van der Waals surface area contributed by atoms with Gasteiger partial charge in [-0.2, -0.15) is 0 Å². The summed E-state index contributed by atoms with van der Waals surface area (Å²) in [5.41, 5.74) is 6.28. The van der Waals surface area contributed by atoms with Crippen LogP contribution in [0.3, 0.4) is 0 Å². The molecule has 0 atom stereocenters. The average Bonchev–Trinajstić information content (AvgIpc) is 3.27. The van der Waals surface area contributed by atoms with Crippen molar-refractivity contribution < 1.29 is 10.0 Å². The van der Waals surface area contributed by atoms with E-state index in [9.17, 15) is 4.79 Å². The average molecular weight is 338 g/mol. The van der Waals surface area contributed by atoms with Gasteiger partial charge in [0.1, 0.15) is 0 Å². The number of hydrogen-bond acceptors (Lipinski definition) is 6. The number of carbonyl (C=O) groups is 1. The monoisotopic (exact) mass is 338 g/mol. The third-order valence-corrected chi connectivity index (χ3v) is 4.91. The Morgan fingerprint density at radius 2 is 2.12 bits per heavy atom. The zero-order chi connectivity index (χ0) is 16.5. The van der Waals surface area contributed by atoms with Crippen LogP contribution in [0.4, 0.5) is 5.13 Å². The molecule has 0 saturated carbocycles. The fraction of sp³-hybridized carbons (Fsp3) is 0.118. The van der Waals surface area contributed by atoms with E-state index < -0.39 is 5.91 Å². The molecule has 0 unspecified atom stereocenters. The second kappa shape index (κ2) is 6.03. The van der Waals surface area contributed by atoms with Gasteiger partial charge in [-0.3, -0.25) is 15.0 Å². The van der Waals surface area contributed by atoms with E-state index in [1.807, 2.05) is 29.6 Å². The zero-order valence-electron chi connectivity index (χ0n) is 12.6. The summed E-state index contributed by atoms with van der Waals surface area (Å²) in [6, 6.07) is 9.35. The van der Waals surface area contributed by atoms with Crippen molar-refractivity contribution in [2.45, 2.75) is 13.1 Å². The molecule has 0 spiro atoms. The van der Waals surface area contributed by atoms with Crippen LogP contribution >= 0.6 is 11.3 Å². The second-order valence-corrected chi connectivity index (χ2v) is 6.37. The predicted molar refractivity (Wildman–Crippen MR) is 90.9 cm³/mol. The van der Waals surface area contributed by atoms with Crippen molar-refractivity contribution in [3.8, 4) is 11.3 Å². The summed E-state index contributed by atoms with van der Waals surface area (Å²) < 4.78 is 0. The number of benzene rings is 1. The highest BCUT2D eigenvalue weighted by Gasteiger charge is 2.23. The van der Waals surface area contributed by atoms with Crippen molar-refractivity contribution in [3.63, 3.8) is 0 Å². The van der Waals surface area contributed by atoms with Crippen LogP contribution in [0.2, 0.25) is 0 Å². The van der Waals surface area contributed by atoms with Crippen molar-refractivity contribution >= 4 is 22.4 Å². The third-order valence-electron chi connectivity index (χ3n) is 4.01. The van der Waals surface area contributed by atoms with Gasteiger partial charge in [-0.1, -0.05) is 6.07 Å². The molecule has 24 heavy (non-hydrogen) atoms. The Balaban J connectivity index is 1.57. The molecule has 2 N–H and O–H groups in total. The Labute approximate surface area is 142 Å². The summed E-state index contributed by atoms with van der Waals surface area (Å²) in [6.07, 6.45) is 3.55. The van der Waals surface area contributed by atoms with Crippen LogP contribution < -0.4 is 10.4 Å². The van der Waals surface area contributed by atoms with Gasteiger partial charge >= 0.3 is 0 Å². The van der Waals surface area contributed by atoms with Crippen LogP contribution in [0.5, 0.6) is 0 Å². The molecule has 0 radical (unpaired) electrons. The number of nitrogens with one attached hydrogen (secondary N) is 1. The van der Waals surface area contributed by atoms with E-state index in [1.54, 1.807) is 35.3 Å². The lowest BCUT2D eigenvalue weighted by molar-refractivity contribution is 0.0706. The van der Waals surface area contributed by atoms with Crippen molar-refractivity contribution in [2.75, 3.05) is 4.90 Å². The molecule has 3 aromatic rings. The third kappa shape index (κ3) is 2.64. The maximum atomic E-state index is 11.5. The number of fused-ring (bicyclic) bond motifs is 1. The molecule has 0 bridgehead atoms. The molecule has 1 aliphatic rings. The molecule has 4 rings (SSSR count). The predicted octanol–water partition coefficient (Wildman–Crippen LogP) is 2.84. The normalized spacial score (nSPS) is 13.0. The lowest BCUT2D eigenvalue weighted by Crippen LogP contribution is -2.18. The van der Waals surface area contributed by atoms with E-state index in [-0.39, 0.29) is 0 Å². The van der Waals surface area contributed by atoms with Gasteiger partial charge in [-0.05, 0) is 35.4 Å². The van der Waals surface area contributed by atoms with E-state index in [0.29, 0.717) is 12.1 Å². The van der Waals surface area contributed by atoms with Gasteiger partial charge in [-0.15, -0.1) is 11.3 Å². The minimum Gasteiger partial charge on any atom is -0.339 e. The summed E-state index contributed by atoms with van der Waals surface area (Å²) in [5.74, 6) is -0.496. The minimum atomic E-state index is -0.496.